The standard InChI is InChI=1S/C16H25FN2O3S/c1-6-14(16(20)18-12(4)11(2)3)19(23(5,21)22)15-10-8-7-9-13(15)17/h7-12,14H,6H2,1-5H3,(H,18,20)/t12-,14+/m0/s1. The molecule has 0 unspecified atom stereocenters. The normalized spacial score (nSPS) is 14.4. The molecule has 7 heteroatoms. The molecule has 0 aromatic heterocycles. The van der Waals surface area contributed by atoms with Crippen molar-refractivity contribution in [3.63, 3.8) is 0 Å². The van der Waals surface area contributed by atoms with Crippen molar-refractivity contribution in [3.8, 4) is 0 Å². The van der Waals surface area contributed by atoms with Crippen molar-refractivity contribution in [1.29, 1.82) is 0 Å². The van der Waals surface area contributed by atoms with Gasteiger partial charge < -0.3 is 5.32 Å². The maximum atomic E-state index is 14.1. The van der Waals surface area contributed by atoms with Gasteiger partial charge in [0.1, 0.15) is 11.9 Å². The predicted octanol–water partition coefficient (Wildman–Crippen LogP) is 2.53. The van der Waals surface area contributed by atoms with Gasteiger partial charge in [0.25, 0.3) is 0 Å². The molecule has 0 saturated carbocycles. The third-order valence-electron chi connectivity index (χ3n) is 3.79. The van der Waals surface area contributed by atoms with Crippen molar-refractivity contribution < 1.29 is 17.6 Å². The van der Waals surface area contributed by atoms with Crippen LogP contribution in [0.15, 0.2) is 24.3 Å². The fourth-order valence-corrected chi connectivity index (χ4v) is 3.37. The Labute approximate surface area is 137 Å². The number of carbonyl (C=O) groups excluding carboxylic acids is 1. The zero-order valence-corrected chi connectivity index (χ0v) is 15.0. The van der Waals surface area contributed by atoms with Crippen LogP contribution in [0.1, 0.15) is 34.1 Å². The first-order valence-electron chi connectivity index (χ1n) is 7.63. The molecule has 23 heavy (non-hydrogen) atoms. The van der Waals surface area contributed by atoms with E-state index in [1.807, 2.05) is 20.8 Å². The highest BCUT2D eigenvalue weighted by Crippen LogP contribution is 2.25. The molecule has 1 aromatic carbocycles. The first-order valence-corrected chi connectivity index (χ1v) is 9.48. The van der Waals surface area contributed by atoms with Gasteiger partial charge in [-0.3, -0.25) is 9.10 Å². The number of halogens is 1. The van der Waals surface area contributed by atoms with Crippen LogP contribution in [-0.2, 0) is 14.8 Å². The summed E-state index contributed by atoms with van der Waals surface area (Å²) in [6.45, 7) is 7.46. The smallest absolute Gasteiger partial charge is 0.244 e. The lowest BCUT2D eigenvalue weighted by molar-refractivity contribution is -0.123. The van der Waals surface area contributed by atoms with E-state index in [1.165, 1.54) is 24.3 Å². The van der Waals surface area contributed by atoms with E-state index in [0.717, 1.165) is 10.6 Å². The summed E-state index contributed by atoms with van der Waals surface area (Å²) < 4.78 is 39.3. The van der Waals surface area contributed by atoms with Crippen LogP contribution in [0.5, 0.6) is 0 Å². The minimum Gasteiger partial charge on any atom is -0.352 e. The Kier molecular flexibility index (Phi) is 6.56. The molecule has 0 aliphatic carbocycles. The zero-order valence-electron chi connectivity index (χ0n) is 14.2. The minimum atomic E-state index is -3.82. The summed E-state index contributed by atoms with van der Waals surface area (Å²) in [5, 5.41) is 2.80. The molecule has 0 radical (unpaired) electrons. The lowest BCUT2D eigenvalue weighted by Gasteiger charge is -2.31. The average molecular weight is 344 g/mol. The number of hydrogen-bond donors (Lipinski definition) is 1. The van der Waals surface area contributed by atoms with Crippen LogP contribution in [0.25, 0.3) is 0 Å². The van der Waals surface area contributed by atoms with Gasteiger partial charge in [0.15, 0.2) is 0 Å². The quantitative estimate of drug-likeness (QED) is 0.826. The van der Waals surface area contributed by atoms with E-state index in [1.54, 1.807) is 6.92 Å². The fourth-order valence-electron chi connectivity index (χ4n) is 2.15. The molecular formula is C16H25FN2O3S. The summed E-state index contributed by atoms with van der Waals surface area (Å²) in [6.07, 6.45) is 1.21. The molecule has 0 fully saturated rings. The van der Waals surface area contributed by atoms with Crippen LogP contribution < -0.4 is 9.62 Å². The van der Waals surface area contributed by atoms with Crippen molar-refractivity contribution in [2.24, 2.45) is 5.92 Å². The number of amides is 1. The van der Waals surface area contributed by atoms with Crippen LogP contribution in [-0.4, -0.2) is 32.7 Å². The topological polar surface area (TPSA) is 66.5 Å². The van der Waals surface area contributed by atoms with Crippen molar-refractivity contribution in [3.05, 3.63) is 30.1 Å². The van der Waals surface area contributed by atoms with Crippen LogP contribution >= 0.6 is 0 Å². The van der Waals surface area contributed by atoms with E-state index in [0.29, 0.717) is 0 Å². The van der Waals surface area contributed by atoms with Crippen LogP contribution in [0.2, 0.25) is 0 Å². The largest absolute Gasteiger partial charge is 0.352 e. The van der Waals surface area contributed by atoms with Crippen molar-refractivity contribution >= 4 is 21.6 Å². The van der Waals surface area contributed by atoms with Gasteiger partial charge in [0.2, 0.25) is 15.9 Å². The average Bonchev–Trinajstić information content (AvgIpc) is 2.44. The van der Waals surface area contributed by atoms with Crippen molar-refractivity contribution in [1.82, 2.24) is 5.32 Å². The number of para-hydroxylation sites is 1. The highest BCUT2D eigenvalue weighted by molar-refractivity contribution is 7.92. The van der Waals surface area contributed by atoms with E-state index < -0.39 is 27.8 Å². The van der Waals surface area contributed by atoms with Gasteiger partial charge in [-0.25, -0.2) is 12.8 Å². The Morgan fingerprint density at radius 1 is 1.26 bits per heavy atom. The number of anilines is 1. The summed E-state index contributed by atoms with van der Waals surface area (Å²) in [5.41, 5.74) is -0.116. The number of nitrogens with one attached hydrogen (secondary N) is 1. The predicted molar refractivity (Wildman–Crippen MR) is 90.2 cm³/mol. The Bertz CT molecular complexity index is 646. The molecular weight excluding hydrogens is 319 g/mol. The lowest BCUT2D eigenvalue weighted by atomic mass is 10.1. The summed E-state index contributed by atoms with van der Waals surface area (Å²) in [4.78, 5) is 12.5. The van der Waals surface area contributed by atoms with Crippen LogP contribution in [0.4, 0.5) is 10.1 Å². The number of nitrogens with zero attached hydrogens (tertiary/aromatic N) is 1. The second-order valence-corrected chi connectivity index (χ2v) is 7.83. The summed E-state index contributed by atoms with van der Waals surface area (Å²) in [7, 11) is -3.82. The molecule has 0 aliphatic rings. The van der Waals surface area contributed by atoms with E-state index in [2.05, 4.69) is 5.32 Å². The molecule has 0 saturated heterocycles. The highest BCUT2D eigenvalue weighted by Gasteiger charge is 2.33. The van der Waals surface area contributed by atoms with E-state index in [9.17, 15) is 17.6 Å². The molecule has 1 amide bonds. The Morgan fingerprint density at radius 3 is 2.26 bits per heavy atom. The summed E-state index contributed by atoms with van der Waals surface area (Å²) in [5.74, 6) is -0.903. The summed E-state index contributed by atoms with van der Waals surface area (Å²) in [6, 6.07) is 4.44. The molecule has 130 valence electrons. The zero-order chi connectivity index (χ0) is 17.8. The monoisotopic (exact) mass is 344 g/mol. The summed E-state index contributed by atoms with van der Waals surface area (Å²) >= 11 is 0. The van der Waals surface area contributed by atoms with Crippen LogP contribution in [0.3, 0.4) is 0 Å². The fraction of sp³-hybridized carbons (Fsp3) is 0.562. The minimum absolute atomic E-state index is 0.112. The van der Waals surface area contributed by atoms with Gasteiger partial charge in [-0.15, -0.1) is 0 Å². The van der Waals surface area contributed by atoms with Gasteiger partial charge >= 0.3 is 0 Å². The van der Waals surface area contributed by atoms with Gasteiger partial charge in [-0.05, 0) is 31.4 Å². The van der Waals surface area contributed by atoms with E-state index >= 15 is 0 Å². The molecule has 0 bridgehead atoms. The van der Waals surface area contributed by atoms with E-state index in [4.69, 9.17) is 0 Å². The Hall–Kier alpha value is -1.63. The number of benzene rings is 1. The molecule has 1 rings (SSSR count). The molecule has 2 atom stereocenters. The molecule has 1 aromatic rings. The number of rotatable bonds is 7. The third kappa shape index (κ3) is 4.92. The van der Waals surface area contributed by atoms with Gasteiger partial charge in [-0.1, -0.05) is 32.9 Å². The molecule has 1 N–H and O–H groups in total. The SMILES string of the molecule is CC[C@H](C(=O)N[C@@H](C)C(C)C)N(c1ccccc1F)S(C)(=O)=O. The molecule has 0 heterocycles. The van der Waals surface area contributed by atoms with Crippen molar-refractivity contribution in [2.75, 3.05) is 10.6 Å². The van der Waals surface area contributed by atoms with Gasteiger partial charge in [0.05, 0.1) is 11.9 Å². The van der Waals surface area contributed by atoms with Crippen molar-refractivity contribution in [2.45, 2.75) is 46.2 Å². The number of hydrogen-bond acceptors (Lipinski definition) is 3. The molecule has 0 aliphatic heterocycles. The molecule has 0 spiro atoms. The van der Waals surface area contributed by atoms with E-state index in [-0.39, 0.29) is 24.1 Å². The van der Waals surface area contributed by atoms with Gasteiger partial charge in [-0.2, -0.15) is 0 Å². The van der Waals surface area contributed by atoms with Gasteiger partial charge in [0, 0.05) is 6.04 Å². The second-order valence-electron chi connectivity index (χ2n) is 5.98. The maximum Gasteiger partial charge on any atom is 0.244 e. The number of sulfonamides is 1. The highest BCUT2D eigenvalue weighted by atomic mass is 32.2. The Balaban J connectivity index is 3.25. The lowest BCUT2D eigenvalue weighted by Crippen LogP contribution is -2.52. The van der Waals surface area contributed by atoms with Crippen LogP contribution in [0, 0.1) is 11.7 Å². The second kappa shape index (κ2) is 7.77. The Morgan fingerprint density at radius 2 is 1.83 bits per heavy atom. The maximum absolute atomic E-state index is 14.1. The number of carbonyl (C=O) groups is 1. The third-order valence-corrected chi connectivity index (χ3v) is 4.96. The first kappa shape index (κ1) is 19.4. The molecule has 5 nitrogen and oxygen atoms in total. The first-order chi connectivity index (χ1) is 10.6.